The number of ether oxygens (including phenoxy) is 1. The molecule has 3 aromatic rings. The molecular formula is C29H30FN7O3. The number of carbonyl (C=O) groups excluding carboxylic acids is 1. The average Bonchev–Trinajstić information content (AvgIpc) is 3.84. The molecule has 11 heteroatoms. The number of nitrogens with zero attached hydrogens (tertiary/aromatic N) is 6. The number of aromatic nitrogens is 3. The minimum Gasteiger partial charge on any atom is -0.507 e. The van der Waals surface area contributed by atoms with Crippen LogP contribution in [0.3, 0.4) is 0 Å². The number of aromatic hydroxyl groups is 1. The standard InChI is InChI=1S/C29H30FN7O3/c1-36-9-10-37-18(12-36)13-40-22-11-20(23-19(30)3-2-4-21(23)39)34-28(33-15-38)24(22)29(37)35-27-25(16-5-6-16)31-14-32-26(27)17-7-8-17/h2-4,11,14-18,39H,5-10,12-13H2,1H3,(H,33,34,38). The van der Waals surface area contributed by atoms with Gasteiger partial charge in [0.15, 0.2) is 0 Å². The number of halogens is 1. The fourth-order valence-electron chi connectivity index (χ4n) is 5.73. The number of hydrogen-bond donors (Lipinski definition) is 2. The molecule has 0 radical (unpaired) electrons. The van der Waals surface area contributed by atoms with Gasteiger partial charge >= 0.3 is 0 Å². The maximum absolute atomic E-state index is 14.9. The van der Waals surface area contributed by atoms with Crippen LogP contribution in [0, 0.1) is 5.82 Å². The van der Waals surface area contributed by atoms with Gasteiger partial charge in [0, 0.05) is 37.5 Å². The SMILES string of the molecule is CN1CCN2C(=Nc3c(C4CC4)ncnc3C3CC3)c3c(cc(-c4c(O)cccc4F)nc3NC=O)OCC2C1. The monoisotopic (exact) mass is 543 g/mol. The number of phenolic OH excluding ortho intramolecular Hbond substituents is 1. The molecule has 2 aliphatic heterocycles. The van der Waals surface area contributed by atoms with Crippen molar-refractivity contribution in [3.8, 4) is 22.8 Å². The molecule has 1 amide bonds. The molecule has 1 saturated heterocycles. The zero-order valence-electron chi connectivity index (χ0n) is 22.2. The van der Waals surface area contributed by atoms with Crippen LogP contribution in [-0.2, 0) is 4.79 Å². The molecule has 2 aromatic heterocycles. The van der Waals surface area contributed by atoms with Crippen molar-refractivity contribution in [1.82, 2.24) is 24.8 Å². The lowest BCUT2D eigenvalue weighted by Gasteiger charge is -2.40. The lowest BCUT2D eigenvalue weighted by Crippen LogP contribution is -2.55. The largest absolute Gasteiger partial charge is 0.507 e. The van der Waals surface area contributed by atoms with Gasteiger partial charge in [-0.1, -0.05) is 6.07 Å². The Morgan fingerprint density at radius 3 is 2.55 bits per heavy atom. The van der Waals surface area contributed by atoms with Crippen LogP contribution in [0.4, 0.5) is 15.9 Å². The highest BCUT2D eigenvalue weighted by Gasteiger charge is 2.39. The summed E-state index contributed by atoms with van der Waals surface area (Å²) in [6.07, 6.45) is 6.49. The van der Waals surface area contributed by atoms with E-state index in [4.69, 9.17) is 9.73 Å². The Morgan fingerprint density at radius 1 is 1.12 bits per heavy atom. The number of piperazine rings is 1. The third kappa shape index (κ3) is 4.43. The van der Waals surface area contributed by atoms with Gasteiger partial charge in [-0.25, -0.2) is 24.3 Å². The van der Waals surface area contributed by atoms with Gasteiger partial charge < -0.3 is 25.0 Å². The van der Waals surface area contributed by atoms with E-state index in [-0.39, 0.29) is 28.9 Å². The predicted molar refractivity (Wildman–Crippen MR) is 147 cm³/mol. The molecule has 2 aliphatic carbocycles. The summed E-state index contributed by atoms with van der Waals surface area (Å²) in [6, 6.07) is 5.68. The maximum Gasteiger partial charge on any atom is 0.212 e. The van der Waals surface area contributed by atoms with Gasteiger partial charge in [0.1, 0.15) is 53.2 Å². The predicted octanol–water partition coefficient (Wildman–Crippen LogP) is 3.79. The summed E-state index contributed by atoms with van der Waals surface area (Å²) in [6.45, 7) is 2.64. The highest BCUT2D eigenvalue weighted by atomic mass is 19.1. The molecule has 4 aliphatic rings. The van der Waals surface area contributed by atoms with Gasteiger partial charge in [0.05, 0.1) is 28.7 Å². The van der Waals surface area contributed by atoms with Crippen molar-refractivity contribution in [2.45, 2.75) is 43.6 Å². The van der Waals surface area contributed by atoms with Gasteiger partial charge in [-0.15, -0.1) is 0 Å². The number of amidine groups is 1. The first-order chi connectivity index (χ1) is 19.5. The van der Waals surface area contributed by atoms with E-state index in [0.717, 1.165) is 55.8 Å². The van der Waals surface area contributed by atoms with Crippen LogP contribution in [0.5, 0.6) is 11.5 Å². The minimum absolute atomic E-state index is 0.0160. The van der Waals surface area contributed by atoms with Gasteiger partial charge in [0.2, 0.25) is 6.41 Å². The smallest absolute Gasteiger partial charge is 0.212 e. The molecular weight excluding hydrogens is 513 g/mol. The van der Waals surface area contributed by atoms with E-state index in [1.54, 1.807) is 12.4 Å². The number of carbonyl (C=O) groups is 1. The lowest BCUT2D eigenvalue weighted by atomic mass is 10.1. The second kappa shape index (κ2) is 9.81. The van der Waals surface area contributed by atoms with Crippen molar-refractivity contribution >= 4 is 23.8 Å². The second-order valence-electron chi connectivity index (χ2n) is 11.0. The van der Waals surface area contributed by atoms with E-state index in [0.29, 0.717) is 48.5 Å². The number of fused-ring (bicyclic) bond motifs is 2. The molecule has 206 valence electrons. The van der Waals surface area contributed by atoms with Crippen LogP contribution >= 0.6 is 0 Å². The summed E-state index contributed by atoms with van der Waals surface area (Å²) in [4.78, 5) is 35.6. The van der Waals surface area contributed by atoms with E-state index in [1.165, 1.54) is 18.2 Å². The molecule has 10 nitrogen and oxygen atoms in total. The van der Waals surface area contributed by atoms with Crippen LogP contribution in [0.15, 0.2) is 35.6 Å². The Hall–Kier alpha value is -4.12. The van der Waals surface area contributed by atoms with Crippen LogP contribution in [0.2, 0.25) is 0 Å². The number of anilines is 1. The van der Waals surface area contributed by atoms with Crippen molar-refractivity contribution in [3.63, 3.8) is 0 Å². The van der Waals surface area contributed by atoms with Crippen molar-refractivity contribution in [2.24, 2.45) is 4.99 Å². The summed E-state index contributed by atoms with van der Waals surface area (Å²) in [5, 5.41) is 13.2. The van der Waals surface area contributed by atoms with Crippen LogP contribution < -0.4 is 10.1 Å². The average molecular weight is 544 g/mol. The van der Waals surface area contributed by atoms with Crippen LogP contribution in [0.25, 0.3) is 11.3 Å². The van der Waals surface area contributed by atoms with E-state index in [9.17, 15) is 14.3 Å². The van der Waals surface area contributed by atoms with E-state index < -0.39 is 5.82 Å². The Kier molecular flexibility index (Phi) is 6.10. The first kappa shape index (κ1) is 24.9. The molecule has 1 unspecified atom stereocenters. The highest BCUT2D eigenvalue weighted by Crippen LogP contribution is 2.50. The number of hydrogen-bond acceptors (Lipinski definition) is 8. The number of amides is 1. The van der Waals surface area contributed by atoms with E-state index >= 15 is 0 Å². The molecule has 0 bridgehead atoms. The van der Waals surface area contributed by atoms with Crippen molar-refractivity contribution in [1.29, 1.82) is 0 Å². The quantitative estimate of drug-likeness (QED) is 0.451. The zero-order valence-corrected chi connectivity index (χ0v) is 22.2. The number of phenols is 1. The Balaban J connectivity index is 1.47. The van der Waals surface area contributed by atoms with Crippen molar-refractivity contribution in [3.05, 3.63) is 53.4 Å². The molecule has 0 spiro atoms. The third-order valence-corrected chi connectivity index (χ3v) is 8.06. The maximum atomic E-state index is 14.9. The van der Waals surface area contributed by atoms with Crippen LogP contribution in [0.1, 0.15) is 54.5 Å². The topological polar surface area (TPSA) is 116 Å². The number of pyridine rings is 1. The van der Waals surface area contributed by atoms with Crippen molar-refractivity contribution in [2.75, 3.05) is 38.6 Å². The zero-order chi connectivity index (χ0) is 27.4. The number of aliphatic imine (C=N–C) groups is 1. The molecule has 40 heavy (non-hydrogen) atoms. The van der Waals surface area contributed by atoms with Gasteiger partial charge in [-0.05, 0) is 44.9 Å². The van der Waals surface area contributed by atoms with E-state index in [2.05, 4.69) is 37.1 Å². The molecule has 1 aromatic carbocycles. The summed E-state index contributed by atoms with van der Waals surface area (Å²) >= 11 is 0. The summed E-state index contributed by atoms with van der Waals surface area (Å²) in [5.74, 6) is 1.06. The number of rotatable bonds is 6. The molecule has 2 N–H and O–H groups in total. The Labute approximate surface area is 230 Å². The van der Waals surface area contributed by atoms with Crippen LogP contribution in [-0.4, -0.2) is 81.4 Å². The fourth-order valence-corrected chi connectivity index (χ4v) is 5.73. The molecule has 4 heterocycles. The highest BCUT2D eigenvalue weighted by molar-refractivity contribution is 6.08. The van der Waals surface area contributed by atoms with Gasteiger partial charge in [-0.3, -0.25) is 4.79 Å². The minimum atomic E-state index is -0.629. The number of benzene rings is 1. The molecule has 7 rings (SSSR count). The second-order valence-corrected chi connectivity index (χ2v) is 11.0. The number of nitrogens with one attached hydrogen (secondary N) is 1. The summed E-state index contributed by atoms with van der Waals surface area (Å²) < 4.78 is 21.2. The molecule has 1 atom stereocenters. The Bertz CT molecular complexity index is 1470. The molecule has 2 saturated carbocycles. The first-order valence-electron chi connectivity index (χ1n) is 13.8. The molecule has 3 fully saturated rings. The van der Waals surface area contributed by atoms with Crippen molar-refractivity contribution < 1.29 is 19.0 Å². The summed E-state index contributed by atoms with van der Waals surface area (Å²) in [5.41, 5.74) is 3.34. The lowest BCUT2D eigenvalue weighted by molar-refractivity contribution is -0.105. The fraction of sp³-hybridized carbons (Fsp3) is 0.414. The van der Waals surface area contributed by atoms with Gasteiger partial charge in [-0.2, -0.15) is 0 Å². The normalized spacial score (nSPS) is 21.8. The third-order valence-electron chi connectivity index (χ3n) is 8.06. The Morgan fingerprint density at radius 2 is 1.88 bits per heavy atom. The van der Waals surface area contributed by atoms with E-state index in [1.807, 2.05) is 0 Å². The van der Waals surface area contributed by atoms with Gasteiger partial charge in [0.25, 0.3) is 0 Å². The first-order valence-corrected chi connectivity index (χ1v) is 13.8. The number of likely N-dealkylation sites (N-methyl/N-ethyl adjacent to an activating group) is 1. The summed E-state index contributed by atoms with van der Waals surface area (Å²) in [7, 11) is 2.08.